The van der Waals surface area contributed by atoms with Gasteiger partial charge in [0.2, 0.25) is 5.88 Å². The van der Waals surface area contributed by atoms with E-state index in [1.54, 1.807) is 25.3 Å². The average molecular weight is 209 g/mol. The Balaban J connectivity index is 2.59. The van der Waals surface area contributed by atoms with Gasteiger partial charge in [0.15, 0.2) is 0 Å². The molecule has 0 radical (unpaired) electrons. The third-order valence-electron chi connectivity index (χ3n) is 1.71. The molecule has 0 bridgehead atoms. The molecule has 0 aromatic carbocycles. The maximum atomic E-state index is 7.08. The van der Waals surface area contributed by atoms with Crippen molar-refractivity contribution in [3.8, 4) is 5.88 Å². The van der Waals surface area contributed by atoms with Crippen molar-refractivity contribution in [2.75, 3.05) is 12.4 Å². The Labute approximate surface area is 88.1 Å². The molecule has 0 fully saturated rings. The van der Waals surface area contributed by atoms with Crippen LogP contribution in [-0.2, 0) is 0 Å². The number of hydrogen-bond donors (Lipinski definition) is 4. The number of aromatic nitrogens is 1. The second kappa shape index (κ2) is 5.16. The molecule has 0 aliphatic carbocycles. The van der Waals surface area contributed by atoms with E-state index in [1.807, 2.05) is 0 Å². The summed E-state index contributed by atoms with van der Waals surface area (Å²) in [6, 6.07) is 5.30. The second-order valence-corrected chi connectivity index (χ2v) is 3.05. The van der Waals surface area contributed by atoms with Gasteiger partial charge in [0.25, 0.3) is 0 Å². The number of amidine groups is 1. The van der Waals surface area contributed by atoms with Gasteiger partial charge in [-0.2, -0.15) is 4.98 Å². The lowest BCUT2D eigenvalue weighted by molar-refractivity contribution is 0.398. The van der Waals surface area contributed by atoms with Gasteiger partial charge < -0.3 is 21.5 Å². The van der Waals surface area contributed by atoms with Gasteiger partial charge in [0.05, 0.1) is 19.1 Å². The fraction of sp³-hybridized carbons (Fsp3) is 0.333. The number of pyridine rings is 1. The van der Waals surface area contributed by atoms with Crippen LogP contribution in [0.5, 0.6) is 5.88 Å². The fourth-order valence-electron chi connectivity index (χ4n) is 1.09. The zero-order chi connectivity index (χ0) is 11.3. The third-order valence-corrected chi connectivity index (χ3v) is 1.71. The van der Waals surface area contributed by atoms with Gasteiger partial charge in [-0.05, 0) is 6.07 Å². The Bertz CT molecular complexity index is 341. The normalized spacial score (nSPS) is 11.9. The number of nitrogens with two attached hydrogens (primary N) is 2. The van der Waals surface area contributed by atoms with E-state index in [2.05, 4.69) is 10.3 Å². The SMILES string of the molecule is COc1cccc(NC(N)CC(=N)N)n1. The molecule has 1 atom stereocenters. The summed E-state index contributed by atoms with van der Waals surface area (Å²) in [4.78, 5) is 4.11. The van der Waals surface area contributed by atoms with Crippen LogP contribution in [0.15, 0.2) is 18.2 Å². The molecular weight excluding hydrogens is 194 g/mol. The van der Waals surface area contributed by atoms with Crippen molar-refractivity contribution in [3.63, 3.8) is 0 Å². The Morgan fingerprint density at radius 1 is 1.67 bits per heavy atom. The van der Waals surface area contributed by atoms with Crippen LogP contribution in [0.3, 0.4) is 0 Å². The molecule has 1 rings (SSSR count). The predicted molar refractivity (Wildman–Crippen MR) is 58.9 cm³/mol. The van der Waals surface area contributed by atoms with E-state index in [4.69, 9.17) is 21.6 Å². The summed E-state index contributed by atoms with van der Waals surface area (Å²) >= 11 is 0. The van der Waals surface area contributed by atoms with Crippen molar-refractivity contribution < 1.29 is 4.74 Å². The van der Waals surface area contributed by atoms with Crippen LogP contribution in [0.25, 0.3) is 0 Å². The first-order valence-corrected chi connectivity index (χ1v) is 4.48. The molecule has 0 saturated carbocycles. The highest BCUT2D eigenvalue weighted by atomic mass is 16.5. The third kappa shape index (κ3) is 3.82. The minimum absolute atomic E-state index is 0.0397. The van der Waals surface area contributed by atoms with Gasteiger partial charge in [-0.25, -0.2) is 0 Å². The van der Waals surface area contributed by atoms with E-state index in [1.165, 1.54) is 0 Å². The highest BCUT2D eigenvalue weighted by Gasteiger charge is 2.05. The first-order valence-electron chi connectivity index (χ1n) is 4.48. The monoisotopic (exact) mass is 209 g/mol. The van der Waals surface area contributed by atoms with Crippen LogP contribution in [0.2, 0.25) is 0 Å². The molecule has 0 aliphatic heterocycles. The topological polar surface area (TPSA) is 110 Å². The van der Waals surface area contributed by atoms with Crippen molar-refractivity contribution in [1.82, 2.24) is 4.98 Å². The highest BCUT2D eigenvalue weighted by Crippen LogP contribution is 2.11. The lowest BCUT2D eigenvalue weighted by Crippen LogP contribution is -2.34. The predicted octanol–water partition coefficient (Wildman–Crippen LogP) is 0.113. The van der Waals surface area contributed by atoms with Crippen molar-refractivity contribution >= 4 is 11.7 Å². The molecule has 1 aromatic rings. The summed E-state index contributed by atoms with van der Waals surface area (Å²) < 4.78 is 4.96. The van der Waals surface area contributed by atoms with E-state index in [-0.39, 0.29) is 12.3 Å². The molecule has 0 spiro atoms. The molecule has 0 amide bonds. The molecule has 82 valence electrons. The number of ether oxygens (including phenoxy) is 1. The molecule has 1 heterocycles. The number of nitrogens with one attached hydrogen (secondary N) is 2. The molecule has 6 N–H and O–H groups in total. The summed E-state index contributed by atoms with van der Waals surface area (Å²) in [5.74, 6) is 1.15. The summed E-state index contributed by atoms with van der Waals surface area (Å²) in [6.07, 6.45) is -0.138. The molecule has 0 saturated heterocycles. The molecule has 1 unspecified atom stereocenters. The number of rotatable bonds is 5. The minimum Gasteiger partial charge on any atom is -0.481 e. The lowest BCUT2D eigenvalue weighted by Gasteiger charge is -2.13. The van der Waals surface area contributed by atoms with Gasteiger partial charge in [0.1, 0.15) is 5.82 Å². The summed E-state index contributed by atoms with van der Waals surface area (Å²) in [6.45, 7) is 0. The first-order chi connectivity index (χ1) is 7.11. The quantitative estimate of drug-likeness (QED) is 0.312. The van der Waals surface area contributed by atoms with E-state index in [9.17, 15) is 0 Å². The van der Waals surface area contributed by atoms with Crippen LogP contribution >= 0.6 is 0 Å². The largest absolute Gasteiger partial charge is 0.481 e. The first kappa shape index (κ1) is 11.3. The Morgan fingerprint density at radius 3 is 3.00 bits per heavy atom. The maximum absolute atomic E-state index is 7.08. The van der Waals surface area contributed by atoms with Gasteiger partial charge in [-0.15, -0.1) is 0 Å². The maximum Gasteiger partial charge on any atom is 0.214 e. The van der Waals surface area contributed by atoms with Crippen molar-refractivity contribution in [1.29, 1.82) is 5.41 Å². The highest BCUT2D eigenvalue weighted by molar-refractivity contribution is 5.77. The zero-order valence-electron chi connectivity index (χ0n) is 8.53. The minimum atomic E-state index is -0.415. The average Bonchev–Trinajstić information content (AvgIpc) is 2.16. The second-order valence-electron chi connectivity index (χ2n) is 3.05. The van der Waals surface area contributed by atoms with Crippen LogP contribution in [0.1, 0.15) is 6.42 Å². The van der Waals surface area contributed by atoms with Gasteiger partial charge >= 0.3 is 0 Å². The standard InChI is InChI=1S/C9H15N5O/c1-15-9-4-2-3-8(14-9)13-7(12)5-6(10)11/h2-4,7H,5,12H2,1H3,(H3,10,11)(H,13,14). The van der Waals surface area contributed by atoms with Crippen LogP contribution in [0.4, 0.5) is 5.82 Å². The molecular formula is C9H15N5O. The van der Waals surface area contributed by atoms with E-state index >= 15 is 0 Å². The lowest BCUT2D eigenvalue weighted by atomic mass is 10.3. The fourth-order valence-corrected chi connectivity index (χ4v) is 1.09. The van der Waals surface area contributed by atoms with Gasteiger partial charge in [-0.3, -0.25) is 5.41 Å². The molecule has 1 aromatic heterocycles. The van der Waals surface area contributed by atoms with Crippen LogP contribution < -0.4 is 21.5 Å². The smallest absolute Gasteiger partial charge is 0.214 e. The number of nitrogens with zero attached hydrogens (tertiary/aromatic N) is 1. The van der Waals surface area contributed by atoms with E-state index in [0.29, 0.717) is 11.7 Å². The summed E-state index contributed by atoms with van der Waals surface area (Å²) in [5, 5.41) is 10.00. The summed E-state index contributed by atoms with van der Waals surface area (Å²) in [7, 11) is 1.54. The zero-order valence-corrected chi connectivity index (χ0v) is 8.53. The van der Waals surface area contributed by atoms with Crippen LogP contribution in [0, 0.1) is 5.41 Å². The molecule has 6 heteroatoms. The number of methoxy groups -OCH3 is 1. The van der Waals surface area contributed by atoms with Crippen molar-refractivity contribution in [2.24, 2.45) is 11.5 Å². The number of anilines is 1. The molecule has 15 heavy (non-hydrogen) atoms. The van der Waals surface area contributed by atoms with Crippen LogP contribution in [-0.4, -0.2) is 24.1 Å². The Morgan fingerprint density at radius 2 is 2.40 bits per heavy atom. The molecule has 0 aliphatic rings. The molecule has 6 nitrogen and oxygen atoms in total. The van der Waals surface area contributed by atoms with Gasteiger partial charge in [0, 0.05) is 12.5 Å². The van der Waals surface area contributed by atoms with Crippen molar-refractivity contribution in [2.45, 2.75) is 12.6 Å². The van der Waals surface area contributed by atoms with E-state index in [0.717, 1.165) is 0 Å². The van der Waals surface area contributed by atoms with E-state index < -0.39 is 6.17 Å². The summed E-state index contributed by atoms with van der Waals surface area (Å²) in [5.41, 5.74) is 10.9. The van der Waals surface area contributed by atoms with Crippen molar-refractivity contribution in [3.05, 3.63) is 18.2 Å². The Hall–Kier alpha value is -1.82. The Kier molecular flexibility index (Phi) is 3.87. The van der Waals surface area contributed by atoms with Gasteiger partial charge in [-0.1, -0.05) is 6.07 Å². The number of hydrogen-bond acceptors (Lipinski definition) is 5.